The van der Waals surface area contributed by atoms with Crippen LogP contribution >= 0.6 is 22.9 Å². The zero-order chi connectivity index (χ0) is 13.0. The van der Waals surface area contributed by atoms with Crippen molar-refractivity contribution in [2.24, 2.45) is 5.73 Å². The number of hydrogen-bond donors (Lipinski definition) is 1. The molecule has 18 heavy (non-hydrogen) atoms. The van der Waals surface area contributed by atoms with E-state index in [0.29, 0.717) is 0 Å². The molecule has 0 aliphatic heterocycles. The van der Waals surface area contributed by atoms with E-state index in [-0.39, 0.29) is 6.04 Å². The molecule has 0 saturated carbocycles. The quantitative estimate of drug-likeness (QED) is 0.908. The van der Waals surface area contributed by atoms with Crippen LogP contribution in [0.25, 0.3) is 0 Å². The standard InChI is InChI=1S/C14H16ClNOS/c1-17-9-8-10-2-4-11(5-3-10)14(16)12-6-7-13(15)18-12/h2-7,14H,8-9,16H2,1H3. The zero-order valence-corrected chi connectivity index (χ0v) is 11.8. The van der Waals surface area contributed by atoms with Crippen LogP contribution in [0, 0.1) is 0 Å². The molecule has 2 aromatic rings. The van der Waals surface area contributed by atoms with Gasteiger partial charge in [0.05, 0.1) is 17.0 Å². The first-order valence-electron chi connectivity index (χ1n) is 5.79. The summed E-state index contributed by atoms with van der Waals surface area (Å²) < 4.78 is 5.83. The lowest BCUT2D eigenvalue weighted by Gasteiger charge is -2.10. The summed E-state index contributed by atoms with van der Waals surface area (Å²) in [5.74, 6) is 0. The van der Waals surface area contributed by atoms with Crippen LogP contribution in [0.15, 0.2) is 36.4 Å². The Kier molecular flexibility index (Phi) is 4.78. The van der Waals surface area contributed by atoms with E-state index < -0.39 is 0 Å². The summed E-state index contributed by atoms with van der Waals surface area (Å²) in [6.45, 7) is 0.742. The molecule has 1 heterocycles. The molecule has 2 nitrogen and oxygen atoms in total. The van der Waals surface area contributed by atoms with Gasteiger partial charge in [-0.3, -0.25) is 0 Å². The molecule has 2 rings (SSSR count). The van der Waals surface area contributed by atoms with Crippen molar-refractivity contribution in [1.29, 1.82) is 0 Å². The van der Waals surface area contributed by atoms with E-state index in [4.69, 9.17) is 22.1 Å². The first kappa shape index (κ1) is 13.6. The van der Waals surface area contributed by atoms with Crippen molar-refractivity contribution in [3.05, 3.63) is 56.7 Å². The summed E-state index contributed by atoms with van der Waals surface area (Å²) in [4.78, 5) is 1.09. The molecule has 1 aromatic heterocycles. The molecule has 0 amide bonds. The van der Waals surface area contributed by atoms with Gasteiger partial charge in [-0.15, -0.1) is 11.3 Å². The fraction of sp³-hybridized carbons (Fsp3) is 0.286. The monoisotopic (exact) mass is 281 g/mol. The Morgan fingerprint density at radius 3 is 2.50 bits per heavy atom. The number of halogens is 1. The van der Waals surface area contributed by atoms with E-state index in [1.54, 1.807) is 7.11 Å². The SMILES string of the molecule is COCCc1ccc(C(N)c2ccc(Cl)s2)cc1. The number of thiophene rings is 1. The van der Waals surface area contributed by atoms with Gasteiger partial charge in [0.2, 0.25) is 0 Å². The van der Waals surface area contributed by atoms with E-state index in [1.807, 2.05) is 12.1 Å². The minimum absolute atomic E-state index is 0.0982. The predicted octanol–water partition coefficient (Wildman–Crippen LogP) is 3.64. The van der Waals surface area contributed by atoms with Gasteiger partial charge in [0.1, 0.15) is 0 Å². The van der Waals surface area contributed by atoms with Gasteiger partial charge in [0, 0.05) is 12.0 Å². The normalized spacial score (nSPS) is 12.6. The molecule has 0 saturated heterocycles. The average Bonchev–Trinajstić information content (AvgIpc) is 2.83. The Hall–Kier alpha value is -0.870. The van der Waals surface area contributed by atoms with Gasteiger partial charge < -0.3 is 10.5 Å². The average molecular weight is 282 g/mol. The summed E-state index contributed by atoms with van der Waals surface area (Å²) in [5.41, 5.74) is 8.57. The maximum Gasteiger partial charge on any atom is 0.0931 e. The van der Waals surface area contributed by atoms with Crippen LogP contribution in [0.4, 0.5) is 0 Å². The van der Waals surface area contributed by atoms with Crippen molar-refractivity contribution in [2.45, 2.75) is 12.5 Å². The van der Waals surface area contributed by atoms with Crippen LogP contribution < -0.4 is 5.73 Å². The molecule has 0 fully saturated rings. The van der Waals surface area contributed by atoms with Crippen LogP contribution in [0.1, 0.15) is 22.0 Å². The van der Waals surface area contributed by atoms with Crippen LogP contribution in [0.3, 0.4) is 0 Å². The van der Waals surface area contributed by atoms with Crippen molar-refractivity contribution >= 4 is 22.9 Å². The third kappa shape index (κ3) is 3.33. The Morgan fingerprint density at radius 2 is 1.94 bits per heavy atom. The van der Waals surface area contributed by atoms with Crippen LogP contribution in [0.2, 0.25) is 4.34 Å². The maximum atomic E-state index is 6.21. The zero-order valence-electron chi connectivity index (χ0n) is 10.2. The van der Waals surface area contributed by atoms with Crippen LogP contribution in [0.5, 0.6) is 0 Å². The molecule has 4 heteroatoms. The lowest BCUT2D eigenvalue weighted by atomic mass is 10.0. The van der Waals surface area contributed by atoms with Crippen LogP contribution in [-0.2, 0) is 11.2 Å². The van der Waals surface area contributed by atoms with E-state index in [1.165, 1.54) is 16.9 Å². The van der Waals surface area contributed by atoms with Gasteiger partial charge in [-0.1, -0.05) is 35.9 Å². The second-order valence-electron chi connectivity index (χ2n) is 4.10. The molecule has 1 atom stereocenters. The van der Waals surface area contributed by atoms with E-state index in [2.05, 4.69) is 24.3 Å². The molecule has 0 radical (unpaired) electrons. The van der Waals surface area contributed by atoms with Crippen LogP contribution in [-0.4, -0.2) is 13.7 Å². The van der Waals surface area contributed by atoms with Crippen molar-refractivity contribution < 1.29 is 4.74 Å². The first-order valence-corrected chi connectivity index (χ1v) is 6.98. The Morgan fingerprint density at radius 1 is 1.22 bits per heavy atom. The lowest BCUT2D eigenvalue weighted by Crippen LogP contribution is -2.10. The number of ether oxygens (including phenoxy) is 1. The molecular weight excluding hydrogens is 266 g/mol. The van der Waals surface area contributed by atoms with Crippen molar-refractivity contribution in [3.63, 3.8) is 0 Å². The molecule has 0 spiro atoms. The largest absolute Gasteiger partial charge is 0.384 e. The fourth-order valence-corrected chi connectivity index (χ4v) is 2.86. The van der Waals surface area contributed by atoms with Gasteiger partial charge in [0.25, 0.3) is 0 Å². The third-order valence-corrected chi connectivity index (χ3v) is 4.15. The third-order valence-electron chi connectivity index (χ3n) is 2.83. The summed E-state index contributed by atoms with van der Waals surface area (Å²) in [7, 11) is 1.71. The highest BCUT2D eigenvalue weighted by Crippen LogP contribution is 2.29. The number of nitrogens with two attached hydrogens (primary N) is 1. The molecule has 1 unspecified atom stereocenters. The second-order valence-corrected chi connectivity index (χ2v) is 5.85. The highest BCUT2D eigenvalue weighted by atomic mass is 35.5. The number of hydrogen-bond acceptors (Lipinski definition) is 3. The van der Waals surface area contributed by atoms with Gasteiger partial charge >= 0.3 is 0 Å². The smallest absolute Gasteiger partial charge is 0.0931 e. The Balaban J connectivity index is 2.09. The summed E-state index contributed by atoms with van der Waals surface area (Å²) >= 11 is 7.45. The van der Waals surface area contributed by atoms with Crippen molar-refractivity contribution in [2.75, 3.05) is 13.7 Å². The van der Waals surface area contributed by atoms with E-state index in [9.17, 15) is 0 Å². The van der Waals surface area contributed by atoms with Gasteiger partial charge in [-0.2, -0.15) is 0 Å². The molecule has 0 bridgehead atoms. The first-order chi connectivity index (χ1) is 8.70. The van der Waals surface area contributed by atoms with E-state index >= 15 is 0 Å². The maximum absolute atomic E-state index is 6.21. The summed E-state index contributed by atoms with van der Waals surface area (Å²) in [6, 6.07) is 12.1. The highest BCUT2D eigenvalue weighted by Gasteiger charge is 2.11. The number of methoxy groups -OCH3 is 1. The molecule has 2 N–H and O–H groups in total. The predicted molar refractivity (Wildman–Crippen MR) is 77.4 cm³/mol. The van der Waals surface area contributed by atoms with Crippen molar-refractivity contribution in [1.82, 2.24) is 0 Å². The number of benzene rings is 1. The summed E-state index contributed by atoms with van der Waals surface area (Å²) in [5, 5.41) is 0. The van der Waals surface area contributed by atoms with Gasteiger partial charge in [-0.05, 0) is 29.7 Å². The fourth-order valence-electron chi connectivity index (χ4n) is 1.77. The lowest BCUT2D eigenvalue weighted by molar-refractivity contribution is 0.202. The topological polar surface area (TPSA) is 35.2 Å². The minimum Gasteiger partial charge on any atom is -0.384 e. The van der Waals surface area contributed by atoms with Gasteiger partial charge in [-0.25, -0.2) is 0 Å². The molecule has 0 aliphatic rings. The minimum atomic E-state index is -0.0982. The molecular formula is C14H16ClNOS. The molecule has 0 aliphatic carbocycles. The Labute approximate surface area is 116 Å². The highest BCUT2D eigenvalue weighted by molar-refractivity contribution is 7.16. The van der Waals surface area contributed by atoms with Gasteiger partial charge in [0.15, 0.2) is 0 Å². The van der Waals surface area contributed by atoms with E-state index in [0.717, 1.165) is 27.8 Å². The molecule has 1 aromatic carbocycles. The summed E-state index contributed by atoms with van der Waals surface area (Å²) in [6.07, 6.45) is 0.927. The molecule has 96 valence electrons. The van der Waals surface area contributed by atoms with Crippen molar-refractivity contribution in [3.8, 4) is 0 Å². The number of rotatable bonds is 5. The second kappa shape index (κ2) is 6.34. The Bertz CT molecular complexity index is 495.